The number of rotatable bonds is 3. The average Bonchev–Trinajstić information content (AvgIpc) is 2.87. The average molecular weight is 261 g/mol. The lowest BCUT2D eigenvalue weighted by Gasteiger charge is -2.10. The Balaban J connectivity index is 2.25. The minimum absolute atomic E-state index is 0.0432. The second-order valence-corrected chi connectivity index (χ2v) is 5.02. The molecule has 0 atom stereocenters. The van der Waals surface area contributed by atoms with Gasteiger partial charge in [-0.25, -0.2) is 0 Å². The summed E-state index contributed by atoms with van der Waals surface area (Å²) in [5.74, 6) is 0.0432. The number of benzene rings is 1. The van der Waals surface area contributed by atoms with E-state index in [9.17, 15) is 4.79 Å². The molecule has 2 rings (SSSR count). The van der Waals surface area contributed by atoms with Gasteiger partial charge in [-0.2, -0.15) is 0 Å². The zero-order valence-corrected chi connectivity index (χ0v) is 11.5. The van der Waals surface area contributed by atoms with Gasteiger partial charge < -0.3 is 0 Å². The highest BCUT2D eigenvalue weighted by atomic mass is 32.1. The van der Waals surface area contributed by atoms with Gasteiger partial charge in [-0.3, -0.25) is 9.69 Å². The minimum Gasteiger partial charge on any atom is -0.290 e. The fourth-order valence-corrected chi connectivity index (χ4v) is 2.34. The van der Waals surface area contributed by atoms with Crippen molar-refractivity contribution in [2.45, 2.75) is 20.3 Å². The number of hydrogen-bond acceptors (Lipinski definition) is 4. The first-order valence-electron chi connectivity index (χ1n) is 5.79. The Morgan fingerprint density at radius 2 is 1.94 bits per heavy atom. The van der Waals surface area contributed by atoms with Crippen molar-refractivity contribution in [1.29, 1.82) is 0 Å². The first-order valence-corrected chi connectivity index (χ1v) is 6.60. The lowest BCUT2D eigenvalue weighted by Crippen LogP contribution is -2.24. The monoisotopic (exact) mass is 261 g/mol. The SMILES string of the molecule is CCC(=O)N(C)c1nnc(-c2ccc(C)cc2)s1. The molecule has 94 valence electrons. The molecule has 18 heavy (non-hydrogen) atoms. The van der Waals surface area contributed by atoms with Crippen molar-refractivity contribution in [2.24, 2.45) is 0 Å². The van der Waals surface area contributed by atoms with E-state index in [4.69, 9.17) is 0 Å². The van der Waals surface area contributed by atoms with E-state index in [2.05, 4.69) is 10.2 Å². The number of amides is 1. The van der Waals surface area contributed by atoms with Crippen LogP contribution in [0.15, 0.2) is 24.3 Å². The predicted molar refractivity (Wildman–Crippen MR) is 73.8 cm³/mol. The zero-order valence-electron chi connectivity index (χ0n) is 10.7. The summed E-state index contributed by atoms with van der Waals surface area (Å²) in [6, 6.07) is 8.11. The molecule has 0 saturated carbocycles. The molecule has 0 aliphatic rings. The predicted octanol–water partition coefficient (Wildman–Crippen LogP) is 2.89. The van der Waals surface area contributed by atoms with Crippen LogP contribution in [-0.2, 0) is 4.79 Å². The van der Waals surface area contributed by atoms with Gasteiger partial charge in [0, 0.05) is 19.0 Å². The van der Waals surface area contributed by atoms with Crippen molar-refractivity contribution >= 4 is 22.4 Å². The number of hydrogen-bond donors (Lipinski definition) is 0. The van der Waals surface area contributed by atoms with Crippen LogP contribution in [0, 0.1) is 6.92 Å². The minimum atomic E-state index is 0.0432. The maximum Gasteiger partial charge on any atom is 0.228 e. The van der Waals surface area contributed by atoms with E-state index in [0.29, 0.717) is 11.6 Å². The fraction of sp³-hybridized carbons (Fsp3) is 0.308. The van der Waals surface area contributed by atoms with Crippen molar-refractivity contribution in [2.75, 3.05) is 11.9 Å². The molecular formula is C13H15N3OS. The van der Waals surface area contributed by atoms with E-state index in [1.807, 2.05) is 38.1 Å². The summed E-state index contributed by atoms with van der Waals surface area (Å²) in [4.78, 5) is 13.1. The first kappa shape index (κ1) is 12.7. The molecule has 1 aromatic carbocycles. The second-order valence-electron chi connectivity index (χ2n) is 4.06. The Hall–Kier alpha value is -1.75. The highest BCUT2D eigenvalue weighted by molar-refractivity contribution is 7.18. The van der Waals surface area contributed by atoms with E-state index >= 15 is 0 Å². The van der Waals surface area contributed by atoms with Crippen LogP contribution in [0.2, 0.25) is 0 Å². The van der Waals surface area contributed by atoms with Crippen LogP contribution in [0.1, 0.15) is 18.9 Å². The fourth-order valence-electron chi connectivity index (χ4n) is 1.51. The summed E-state index contributed by atoms with van der Waals surface area (Å²) in [5, 5.41) is 9.66. The molecule has 0 radical (unpaired) electrons. The van der Waals surface area contributed by atoms with Gasteiger partial charge in [0.05, 0.1) is 0 Å². The Labute approximate surface area is 110 Å². The van der Waals surface area contributed by atoms with Crippen LogP contribution < -0.4 is 4.90 Å². The van der Waals surface area contributed by atoms with Gasteiger partial charge in [0.25, 0.3) is 0 Å². The molecule has 0 aliphatic heterocycles. The van der Waals surface area contributed by atoms with E-state index < -0.39 is 0 Å². The molecule has 0 N–H and O–H groups in total. The van der Waals surface area contributed by atoms with Gasteiger partial charge >= 0.3 is 0 Å². The number of aryl methyl sites for hydroxylation is 1. The Morgan fingerprint density at radius 1 is 1.28 bits per heavy atom. The lowest BCUT2D eigenvalue weighted by atomic mass is 10.2. The molecule has 0 unspecified atom stereocenters. The summed E-state index contributed by atoms with van der Waals surface area (Å²) >= 11 is 1.43. The van der Waals surface area contributed by atoms with Crippen molar-refractivity contribution in [1.82, 2.24) is 10.2 Å². The lowest BCUT2D eigenvalue weighted by molar-refractivity contribution is -0.118. The third-order valence-corrected chi connectivity index (χ3v) is 3.73. The Kier molecular flexibility index (Phi) is 3.72. The molecule has 0 saturated heterocycles. The van der Waals surface area contributed by atoms with Crippen molar-refractivity contribution in [3.05, 3.63) is 29.8 Å². The maximum atomic E-state index is 11.6. The molecule has 1 amide bonds. The van der Waals surface area contributed by atoms with Crippen molar-refractivity contribution < 1.29 is 4.79 Å². The second kappa shape index (κ2) is 5.27. The number of carbonyl (C=O) groups is 1. The molecule has 0 spiro atoms. The van der Waals surface area contributed by atoms with Crippen molar-refractivity contribution in [3.63, 3.8) is 0 Å². The standard InChI is InChI=1S/C13H15N3OS/c1-4-11(17)16(3)13-15-14-12(18-13)10-7-5-9(2)6-8-10/h5-8H,4H2,1-3H3. The summed E-state index contributed by atoms with van der Waals surface area (Å²) in [6.07, 6.45) is 0.468. The zero-order chi connectivity index (χ0) is 13.1. The molecule has 2 aromatic rings. The summed E-state index contributed by atoms with van der Waals surface area (Å²) in [7, 11) is 1.73. The molecular weight excluding hydrogens is 246 g/mol. The molecule has 4 nitrogen and oxygen atoms in total. The van der Waals surface area contributed by atoms with Crippen LogP contribution in [0.25, 0.3) is 10.6 Å². The first-order chi connectivity index (χ1) is 8.61. The molecule has 0 aliphatic carbocycles. The maximum absolute atomic E-state index is 11.6. The van der Waals surface area contributed by atoms with Gasteiger partial charge in [0.1, 0.15) is 5.01 Å². The quantitative estimate of drug-likeness (QED) is 0.853. The van der Waals surface area contributed by atoms with Crippen molar-refractivity contribution in [3.8, 4) is 10.6 Å². The highest BCUT2D eigenvalue weighted by Gasteiger charge is 2.14. The van der Waals surface area contributed by atoms with Gasteiger partial charge in [-0.1, -0.05) is 48.1 Å². The van der Waals surface area contributed by atoms with Gasteiger partial charge in [0.2, 0.25) is 11.0 Å². The number of anilines is 1. The van der Waals surface area contributed by atoms with E-state index in [0.717, 1.165) is 10.6 Å². The Bertz CT molecular complexity index is 548. The van der Waals surface area contributed by atoms with E-state index in [1.54, 1.807) is 11.9 Å². The number of nitrogens with zero attached hydrogens (tertiary/aromatic N) is 3. The van der Waals surface area contributed by atoms with Gasteiger partial charge in [-0.05, 0) is 6.92 Å². The van der Waals surface area contributed by atoms with E-state index in [-0.39, 0.29) is 5.91 Å². The molecule has 0 bridgehead atoms. The summed E-state index contributed by atoms with van der Waals surface area (Å²) in [6.45, 7) is 3.88. The summed E-state index contributed by atoms with van der Waals surface area (Å²) < 4.78 is 0. The number of carbonyl (C=O) groups excluding carboxylic acids is 1. The van der Waals surface area contributed by atoms with Crippen LogP contribution in [0.5, 0.6) is 0 Å². The Morgan fingerprint density at radius 3 is 2.56 bits per heavy atom. The topological polar surface area (TPSA) is 46.1 Å². The van der Waals surface area contributed by atoms with Gasteiger partial charge in [-0.15, -0.1) is 10.2 Å². The third kappa shape index (κ3) is 2.56. The van der Waals surface area contributed by atoms with E-state index in [1.165, 1.54) is 16.9 Å². The molecule has 5 heteroatoms. The molecule has 1 heterocycles. The molecule has 0 fully saturated rings. The van der Waals surface area contributed by atoms with Crippen LogP contribution in [-0.4, -0.2) is 23.2 Å². The third-order valence-electron chi connectivity index (χ3n) is 2.68. The number of aromatic nitrogens is 2. The molecule has 1 aromatic heterocycles. The van der Waals surface area contributed by atoms with Crippen LogP contribution >= 0.6 is 11.3 Å². The van der Waals surface area contributed by atoms with Crippen LogP contribution in [0.4, 0.5) is 5.13 Å². The van der Waals surface area contributed by atoms with Crippen LogP contribution in [0.3, 0.4) is 0 Å². The smallest absolute Gasteiger partial charge is 0.228 e. The largest absolute Gasteiger partial charge is 0.290 e. The highest BCUT2D eigenvalue weighted by Crippen LogP contribution is 2.28. The summed E-state index contributed by atoms with van der Waals surface area (Å²) in [5.41, 5.74) is 2.24. The normalized spacial score (nSPS) is 10.4. The van der Waals surface area contributed by atoms with Gasteiger partial charge in [0.15, 0.2) is 0 Å².